The molecule has 0 aromatic heterocycles. The van der Waals surface area contributed by atoms with E-state index in [0.717, 1.165) is 51.4 Å². The highest BCUT2D eigenvalue weighted by Crippen LogP contribution is 2.42. The van der Waals surface area contributed by atoms with E-state index in [1.165, 1.54) is 148 Å². The fourth-order valence-corrected chi connectivity index (χ4v) is 7.30. The van der Waals surface area contributed by atoms with Gasteiger partial charge in [0.05, 0.1) is 13.2 Å². The van der Waals surface area contributed by atoms with Gasteiger partial charge in [-0.15, -0.1) is 0 Å². The van der Waals surface area contributed by atoms with Crippen molar-refractivity contribution in [3.8, 4) is 0 Å². The van der Waals surface area contributed by atoms with Crippen molar-refractivity contribution in [1.82, 2.24) is 5.32 Å². The number of aliphatic hydroxyl groups is 1. The lowest BCUT2D eigenvalue weighted by atomic mass is 10.0. The van der Waals surface area contributed by atoms with Crippen LogP contribution in [0.2, 0.25) is 0 Å². The predicted molar refractivity (Wildman–Crippen MR) is 234 cm³/mol. The molecule has 0 aliphatic heterocycles. The van der Waals surface area contributed by atoms with Gasteiger partial charge in [0, 0.05) is 19.4 Å². The largest absolute Gasteiger partial charge is 0.472 e. The van der Waals surface area contributed by atoms with Crippen LogP contribution in [0.15, 0.2) is 24.3 Å². The molecular formula is C46H88NO8P. The number of allylic oxidation sites excluding steroid dienone is 4. The van der Waals surface area contributed by atoms with Crippen molar-refractivity contribution in [3.05, 3.63) is 24.3 Å². The lowest BCUT2D eigenvalue weighted by molar-refractivity contribution is -0.147. The summed E-state index contributed by atoms with van der Waals surface area (Å²) in [5.74, 6) is -0.520. The molecule has 0 fully saturated rings. The fraction of sp³-hybridized carbons (Fsp3) is 0.870. The Morgan fingerprint density at radius 1 is 0.536 bits per heavy atom. The summed E-state index contributed by atoms with van der Waals surface area (Å²) in [6.45, 7) is 3.55. The van der Waals surface area contributed by atoms with Gasteiger partial charge in [-0.25, -0.2) is 4.57 Å². The Morgan fingerprint density at radius 2 is 0.911 bits per heavy atom. The Morgan fingerprint density at radius 3 is 1.34 bits per heavy atom. The van der Waals surface area contributed by atoms with E-state index in [-0.39, 0.29) is 32.1 Å². The summed E-state index contributed by atoms with van der Waals surface area (Å²) in [7, 11) is -4.42. The molecule has 9 nitrogen and oxygen atoms in total. The van der Waals surface area contributed by atoms with Crippen LogP contribution < -0.4 is 5.32 Å². The van der Waals surface area contributed by atoms with Crippen LogP contribution in [0.4, 0.5) is 0 Å². The van der Waals surface area contributed by atoms with Crippen molar-refractivity contribution in [2.24, 2.45) is 0 Å². The van der Waals surface area contributed by atoms with E-state index in [2.05, 4.69) is 43.5 Å². The molecule has 0 radical (unpaired) electrons. The van der Waals surface area contributed by atoms with Crippen LogP contribution >= 0.6 is 7.82 Å². The molecular weight excluding hydrogens is 725 g/mol. The smallest absolute Gasteiger partial charge is 0.463 e. The molecule has 0 spiro atoms. The Labute approximate surface area is 344 Å². The zero-order valence-electron chi connectivity index (χ0n) is 36.3. The molecule has 0 aliphatic carbocycles. The standard InChI is InChI=1S/C46H88NO8P/c1-3-5-7-9-11-13-15-17-19-20-21-22-23-24-25-27-29-31-33-35-37-39-46(50)53-42-44(48)43-55-56(51,52)54-41-40-47-45(49)38-36-34-32-30-28-26-18-16-14-12-10-8-6-4-2/h16-19,44,48H,3-15,20-43H2,1-2H3,(H,47,49)(H,51,52)/b18-16-,19-17+. The third-order valence-electron chi connectivity index (χ3n) is 10.1. The second-order valence-corrected chi connectivity index (χ2v) is 17.2. The highest BCUT2D eigenvalue weighted by atomic mass is 31.2. The van der Waals surface area contributed by atoms with Crippen LogP contribution in [0.1, 0.15) is 226 Å². The molecule has 10 heteroatoms. The summed E-state index contributed by atoms with van der Waals surface area (Å²) in [6, 6.07) is 0. The SMILES string of the molecule is CCCCCCC/C=C\CCCCCCCC(=O)NCCOP(=O)(O)OCC(O)COC(=O)CCCCCCCCCCCCC/C=C/CCCCCCCC. The minimum Gasteiger partial charge on any atom is -0.463 e. The molecule has 2 unspecified atom stereocenters. The number of hydrogen-bond acceptors (Lipinski definition) is 7. The Balaban J connectivity index is 3.56. The second kappa shape index (κ2) is 43.1. The van der Waals surface area contributed by atoms with Gasteiger partial charge in [-0.1, -0.05) is 173 Å². The van der Waals surface area contributed by atoms with Crippen molar-refractivity contribution < 1.29 is 37.9 Å². The minimum absolute atomic E-state index is 0.0791. The summed E-state index contributed by atoms with van der Waals surface area (Å²) >= 11 is 0. The first kappa shape index (κ1) is 54.5. The molecule has 0 aromatic rings. The molecule has 330 valence electrons. The molecule has 56 heavy (non-hydrogen) atoms. The van der Waals surface area contributed by atoms with E-state index < -0.39 is 26.5 Å². The second-order valence-electron chi connectivity index (χ2n) is 15.7. The first-order valence-electron chi connectivity index (χ1n) is 23.3. The van der Waals surface area contributed by atoms with E-state index in [0.29, 0.717) is 6.42 Å². The Kier molecular flexibility index (Phi) is 41.9. The zero-order valence-corrected chi connectivity index (χ0v) is 37.2. The maximum atomic E-state index is 12.1. The number of carbonyl (C=O) groups excluding carboxylic acids is 2. The number of esters is 1. The summed E-state index contributed by atoms with van der Waals surface area (Å²) < 4.78 is 26.9. The lowest BCUT2D eigenvalue weighted by Gasteiger charge is -2.15. The van der Waals surface area contributed by atoms with Gasteiger partial charge in [0.2, 0.25) is 5.91 Å². The first-order chi connectivity index (χ1) is 27.3. The molecule has 3 N–H and O–H groups in total. The van der Waals surface area contributed by atoms with Crippen molar-refractivity contribution in [1.29, 1.82) is 0 Å². The van der Waals surface area contributed by atoms with Crippen LogP contribution in [0.25, 0.3) is 0 Å². The van der Waals surface area contributed by atoms with E-state index in [9.17, 15) is 24.2 Å². The highest BCUT2D eigenvalue weighted by Gasteiger charge is 2.23. The first-order valence-corrected chi connectivity index (χ1v) is 24.8. The van der Waals surface area contributed by atoms with E-state index in [1.54, 1.807) is 0 Å². The van der Waals surface area contributed by atoms with Gasteiger partial charge >= 0.3 is 13.8 Å². The molecule has 0 rings (SSSR count). The van der Waals surface area contributed by atoms with E-state index in [4.69, 9.17) is 13.8 Å². The summed E-state index contributed by atoms with van der Waals surface area (Å²) in [5, 5.41) is 12.7. The van der Waals surface area contributed by atoms with Crippen molar-refractivity contribution in [2.45, 2.75) is 232 Å². The van der Waals surface area contributed by atoms with Gasteiger partial charge in [-0.3, -0.25) is 18.6 Å². The summed E-state index contributed by atoms with van der Waals surface area (Å²) in [5.41, 5.74) is 0. The van der Waals surface area contributed by atoms with Crippen LogP contribution in [-0.4, -0.2) is 54.3 Å². The number of nitrogens with one attached hydrogen (secondary N) is 1. The molecule has 0 saturated heterocycles. The van der Waals surface area contributed by atoms with Crippen LogP contribution in [0, 0.1) is 0 Å². The Hall–Kier alpha value is -1.51. The number of hydrogen-bond donors (Lipinski definition) is 3. The zero-order chi connectivity index (χ0) is 41.1. The molecule has 2 atom stereocenters. The molecule has 0 aromatic carbocycles. The monoisotopic (exact) mass is 814 g/mol. The molecule has 0 heterocycles. The summed E-state index contributed by atoms with van der Waals surface area (Å²) in [6.07, 6.45) is 46.8. The number of phosphoric ester groups is 1. The van der Waals surface area contributed by atoms with Gasteiger partial charge in [0.25, 0.3) is 0 Å². The Bertz CT molecular complexity index is 975. The number of rotatable bonds is 44. The number of unbranched alkanes of at least 4 members (excludes halogenated alkanes) is 27. The van der Waals surface area contributed by atoms with Gasteiger partial charge in [0.1, 0.15) is 12.7 Å². The van der Waals surface area contributed by atoms with Crippen molar-refractivity contribution in [3.63, 3.8) is 0 Å². The maximum Gasteiger partial charge on any atom is 0.472 e. The van der Waals surface area contributed by atoms with E-state index in [1.807, 2.05) is 0 Å². The average Bonchev–Trinajstić information content (AvgIpc) is 3.18. The van der Waals surface area contributed by atoms with Gasteiger partial charge in [-0.05, 0) is 64.2 Å². The fourth-order valence-electron chi connectivity index (χ4n) is 6.55. The summed E-state index contributed by atoms with van der Waals surface area (Å²) in [4.78, 5) is 33.9. The maximum absolute atomic E-state index is 12.1. The predicted octanol–water partition coefficient (Wildman–Crippen LogP) is 13.2. The number of aliphatic hydroxyl groups excluding tert-OH is 1. The van der Waals surface area contributed by atoms with Crippen LogP contribution in [0.5, 0.6) is 0 Å². The van der Waals surface area contributed by atoms with Gasteiger partial charge < -0.3 is 20.1 Å². The third-order valence-corrected chi connectivity index (χ3v) is 11.1. The van der Waals surface area contributed by atoms with Crippen LogP contribution in [0.3, 0.4) is 0 Å². The molecule has 0 saturated carbocycles. The topological polar surface area (TPSA) is 131 Å². The molecule has 0 aliphatic rings. The molecule has 0 bridgehead atoms. The quantitative estimate of drug-likeness (QED) is 0.0240. The lowest BCUT2D eigenvalue weighted by Crippen LogP contribution is -2.27. The van der Waals surface area contributed by atoms with Crippen LogP contribution in [-0.2, 0) is 27.9 Å². The normalized spacial score (nSPS) is 13.4. The van der Waals surface area contributed by atoms with Crippen molar-refractivity contribution in [2.75, 3.05) is 26.4 Å². The number of amides is 1. The van der Waals surface area contributed by atoms with Gasteiger partial charge in [0.15, 0.2) is 0 Å². The number of ether oxygens (including phenoxy) is 1. The number of phosphoric acid groups is 1. The minimum atomic E-state index is -4.42. The molecule has 1 amide bonds. The van der Waals surface area contributed by atoms with Crippen molar-refractivity contribution >= 4 is 19.7 Å². The highest BCUT2D eigenvalue weighted by molar-refractivity contribution is 7.47. The van der Waals surface area contributed by atoms with Gasteiger partial charge in [-0.2, -0.15) is 0 Å². The number of carbonyl (C=O) groups is 2. The average molecular weight is 814 g/mol. The third kappa shape index (κ3) is 43.6. The van der Waals surface area contributed by atoms with E-state index >= 15 is 0 Å².